The molecule has 7 nitrogen and oxygen atoms in total. The molecular formula is C22H15N5O2S2. The molecule has 4 heterocycles. The summed E-state index contributed by atoms with van der Waals surface area (Å²) < 4.78 is 5.83. The van der Waals surface area contributed by atoms with Gasteiger partial charge in [0.25, 0.3) is 5.91 Å². The largest absolute Gasteiger partial charge is 0.450 e. The minimum Gasteiger partial charge on any atom is -0.450 e. The smallest absolute Gasteiger partial charge is 0.283 e. The van der Waals surface area contributed by atoms with Crippen LogP contribution in [0, 0.1) is 5.41 Å². The van der Waals surface area contributed by atoms with Gasteiger partial charge in [0.2, 0.25) is 5.17 Å². The van der Waals surface area contributed by atoms with Gasteiger partial charge in [-0.15, -0.1) is 0 Å². The molecule has 31 heavy (non-hydrogen) atoms. The molecule has 2 aliphatic heterocycles. The monoisotopic (exact) mass is 445 g/mol. The molecule has 0 spiro atoms. The number of nitrogens with one attached hydrogen (secondary N) is 1. The second-order valence-electron chi connectivity index (χ2n) is 6.60. The molecule has 1 amide bonds. The number of carbonyl (C=O) groups is 1. The molecular weight excluding hydrogens is 430 g/mol. The molecule has 1 aromatic carbocycles. The maximum Gasteiger partial charge on any atom is 0.283 e. The Morgan fingerprint density at radius 1 is 1.13 bits per heavy atom. The van der Waals surface area contributed by atoms with Crippen LogP contribution in [0.4, 0.5) is 0 Å². The summed E-state index contributed by atoms with van der Waals surface area (Å²) in [6, 6.07) is 17.4. The minimum atomic E-state index is -0.485. The van der Waals surface area contributed by atoms with Crippen molar-refractivity contribution in [1.29, 1.82) is 5.41 Å². The number of fused-ring (bicyclic) bond motifs is 1. The Hall–Kier alpha value is -3.43. The average Bonchev–Trinajstić information content (AvgIpc) is 3.44. The second kappa shape index (κ2) is 8.37. The Morgan fingerprint density at radius 3 is 2.81 bits per heavy atom. The summed E-state index contributed by atoms with van der Waals surface area (Å²) >= 11 is 2.81. The fraction of sp³-hybridized carbons (Fsp3) is 0.0455. The molecule has 0 saturated heterocycles. The SMILES string of the molecule is N=C1/C(=C\c2ccc(SCc3ccccc3)o2)C(=O)N=C2SC(c3cccnc3)=NN12. The van der Waals surface area contributed by atoms with Crippen LogP contribution in [0.2, 0.25) is 0 Å². The van der Waals surface area contributed by atoms with Crippen molar-refractivity contribution in [3.63, 3.8) is 0 Å². The number of hydrogen-bond acceptors (Lipinski definition) is 7. The van der Waals surface area contributed by atoms with Gasteiger partial charge in [-0.1, -0.05) is 42.1 Å². The summed E-state index contributed by atoms with van der Waals surface area (Å²) in [7, 11) is 0. The van der Waals surface area contributed by atoms with Gasteiger partial charge < -0.3 is 4.42 Å². The van der Waals surface area contributed by atoms with Gasteiger partial charge in [-0.05, 0) is 47.7 Å². The van der Waals surface area contributed by atoms with Crippen LogP contribution >= 0.6 is 23.5 Å². The topological polar surface area (TPSA) is 94.9 Å². The first kappa shape index (κ1) is 19.5. The number of hydrazone groups is 1. The summed E-state index contributed by atoms with van der Waals surface area (Å²) in [5, 5.41) is 16.0. The Morgan fingerprint density at radius 2 is 2.00 bits per heavy atom. The van der Waals surface area contributed by atoms with Gasteiger partial charge in [-0.3, -0.25) is 15.2 Å². The summed E-state index contributed by atoms with van der Waals surface area (Å²) in [5.41, 5.74) is 2.14. The highest BCUT2D eigenvalue weighted by molar-refractivity contribution is 8.27. The molecule has 9 heteroatoms. The lowest BCUT2D eigenvalue weighted by Gasteiger charge is -2.19. The molecule has 0 atom stereocenters. The van der Waals surface area contributed by atoms with Crippen molar-refractivity contribution < 1.29 is 9.21 Å². The zero-order chi connectivity index (χ0) is 21.2. The van der Waals surface area contributed by atoms with E-state index in [1.165, 1.54) is 22.3 Å². The highest BCUT2D eigenvalue weighted by Crippen LogP contribution is 2.31. The fourth-order valence-electron chi connectivity index (χ4n) is 2.96. The van der Waals surface area contributed by atoms with E-state index in [0.717, 1.165) is 16.4 Å². The minimum absolute atomic E-state index is 0.0312. The van der Waals surface area contributed by atoms with Crippen molar-refractivity contribution in [2.45, 2.75) is 10.8 Å². The normalized spacial score (nSPS) is 17.0. The van der Waals surface area contributed by atoms with Gasteiger partial charge in [0.05, 0.1) is 5.57 Å². The van der Waals surface area contributed by atoms with Crippen LogP contribution in [0.25, 0.3) is 6.08 Å². The molecule has 0 radical (unpaired) electrons. The molecule has 3 aromatic rings. The molecule has 5 rings (SSSR count). The lowest BCUT2D eigenvalue weighted by molar-refractivity contribution is -0.114. The first-order chi connectivity index (χ1) is 15.2. The highest BCUT2D eigenvalue weighted by Gasteiger charge is 2.36. The van der Waals surface area contributed by atoms with E-state index < -0.39 is 5.91 Å². The van der Waals surface area contributed by atoms with E-state index in [9.17, 15) is 4.79 Å². The predicted octanol–water partition coefficient (Wildman–Crippen LogP) is 4.63. The molecule has 0 unspecified atom stereocenters. The number of aliphatic imine (C=N–C) groups is 1. The van der Waals surface area contributed by atoms with Crippen LogP contribution in [0.1, 0.15) is 16.9 Å². The molecule has 2 aliphatic rings. The number of amidine groups is 2. The first-order valence-electron chi connectivity index (χ1n) is 9.34. The molecule has 1 N–H and O–H groups in total. The Kier molecular flexibility index (Phi) is 5.27. The molecule has 2 aromatic heterocycles. The van der Waals surface area contributed by atoms with E-state index in [1.807, 2.05) is 36.4 Å². The lowest BCUT2D eigenvalue weighted by atomic mass is 10.1. The van der Waals surface area contributed by atoms with Gasteiger partial charge in [-0.25, -0.2) is 0 Å². The third kappa shape index (κ3) is 4.10. The summed E-state index contributed by atoms with van der Waals surface area (Å²) in [5.74, 6) is 0.757. The Bertz CT molecular complexity index is 1250. The van der Waals surface area contributed by atoms with E-state index in [1.54, 1.807) is 36.3 Å². The molecule has 0 aliphatic carbocycles. The van der Waals surface area contributed by atoms with Crippen LogP contribution in [0.3, 0.4) is 0 Å². The summed E-state index contributed by atoms with van der Waals surface area (Å²) in [6.45, 7) is 0. The van der Waals surface area contributed by atoms with Gasteiger partial charge in [0, 0.05) is 23.7 Å². The van der Waals surface area contributed by atoms with Crippen LogP contribution in [-0.2, 0) is 10.5 Å². The summed E-state index contributed by atoms with van der Waals surface area (Å²) in [6.07, 6.45) is 4.90. The van der Waals surface area contributed by atoms with Gasteiger partial charge >= 0.3 is 0 Å². The number of rotatable bonds is 5. The Labute approximate surface area is 186 Å². The number of hydrogen-bond donors (Lipinski definition) is 1. The lowest BCUT2D eigenvalue weighted by Crippen LogP contribution is -2.35. The zero-order valence-electron chi connectivity index (χ0n) is 16.1. The van der Waals surface area contributed by atoms with Crippen molar-refractivity contribution in [2.75, 3.05) is 0 Å². The van der Waals surface area contributed by atoms with Crippen LogP contribution in [-0.4, -0.2) is 31.9 Å². The van der Waals surface area contributed by atoms with Gasteiger partial charge in [0.1, 0.15) is 10.8 Å². The van der Waals surface area contributed by atoms with Crippen molar-refractivity contribution in [1.82, 2.24) is 9.99 Å². The predicted molar refractivity (Wildman–Crippen MR) is 123 cm³/mol. The molecule has 0 fully saturated rings. The van der Waals surface area contributed by atoms with E-state index in [4.69, 9.17) is 9.83 Å². The van der Waals surface area contributed by atoms with Crippen molar-refractivity contribution in [3.05, 3.63) is 89.5 Å². The number of furan rings is 1. The number of amides is 1. The molecule has 152 valence electrons. The quantitative estimate of drug-likeness (QED) is 0.454. The van der Waals surface area contributed by atoms with Crippen molar-refractivity contribution in [3.8, 4) is 0 Å². The van der Waals surface area contributed by atoms with E-state index in [2.05, 4.69) is 27.2 Å². The van der Waals surface area contributed by atoms with Crippen LogP contribution < -0.4 is 0 Å². The molecule has 0 saturated carbocycles. The van der Waals surface area contributed by atoms with Crippen LogP contribution in [0.15, 0.2) is 92.2 Å². The van der Waals surface area contributed by atoms with E-state index in [-0.39, 0.29) is 11.4 Å². The first-order valence-corrected chi connectivity index (χ1v) is 11.1. The number of benzene rings is 1. The maximum absolute atomic E-state index is 12.6. The Balaban J connectivity index is 1.34. The van der Waals surface area contributed by atoms with Crippen molar-refractivity contribution >= 4 is 51.6 Å². The fourth-order valence-corrected chi connectivity index (χ4v) is 4.66. The number of aromatic nitrogens is 1. The molecule has 0 bridgehead atoms. The number of thioether (sulfide) groups is 2. The summed E-state index contributed by atoms with van der Waals surface area (Å²) in [4.78, 5) is 20.8. The number of nitrogens with zero attached hydrogens (tertiary/aromatic N) is 4. The third-order valence-electron chi connectivity index (χ3n) is 4.48. The van der Waals surface area contributed by atoms with Gasteiger partial charge in [-0.2, -0.15) is 15.1 Å². The number of carbonyl (C=O) groups excluding carboxylic acids is 1. The van der Waals surface area contributed by atoms with E-state index in [0.29, 0.717) is 16.0 Å². The second-order valence-corrected chi connectivity index (χ2v) is 8.53. The van der Waals surface area contributed by atoms with Crippen LogP contribution in [0.5, 0.6) is 0 Å². The highest BCUT2D eigenvalue weighted by atomic mass is 32.2. The maximum atomic E-state index is 12.6. The van der Waals surface area contributed by atoms with E-state index >= 15 is 0 Å². The van der Waals surface area contributed by atoms with Crippen molar-refractivity contribution in [2.24, 2.45) is 10.1 Å². The van der Waals surface area contributed by atoms with Gasteiger partial charge in [0.15, 0.2) is 10.9 Å². The number of pyridine rings is 1. The zero-order valence-corrected chi connectivity index (χ0v) is 17.7. The average molecular weight is 446 g/mol. The third-order valence-corrected chi connectivity index (χ3v) is 6.41. The standard InChI is InChI=1S/C22H15N5O2S2/c23-19-17(11-16-8-9-18(29-16)30-13-14-5-2-1-3-6-14)20(28)25-22-27(19)26-21(31-22)15-7-4-10-24-12-15/h1-12,23H,13H2/b17-11+,23-19?.